The van der Waals surface area contributed by atoms with Crippen LogP contribution in [0.15, 0.2) is 48.9 Å². The van der Waals surface area contributed by atoms with Crippen LogP contribution < -0.4 is 26.6 Å². The zero-order valence-electron chi connectivity index (χ0n) is 78.2. The summed E-state index contributed by atoms with van der Waals surface area (Å²) in [6, 6.07) is 7.83. The highest BCUT2D eigenvalue weighted by molar-refractivity contribution is 5.77. The van der Waals surface area contributed by atoms with Crippen molar-refractivity contribution in [1.82, 2.24) is 71.6 Å². The van der Waals surface area contributed by atoms with E-state index < -0.39 is 119 Å². The Hall–Kier alpha value is -7.29. The van der Waals surface area contributed by atoms with Crippen molar-refractivity contribution in [3.63, 3.8) is 0 Å². The van der Waals surface area contributed by atoms with E-state index in [4.69, 9.17) is 133 Å². The lowest BCUT2D eigenvalue weighted by atomic mass is 9.88. The molecule has 3 aromatic heterocycles. The standard InChI is InChI=1S/C87H136N14O33/c1-60(102)89-68-71-74(129-81(4,5)126-71)85(57-123-77(68)132-85)54-116-41-38-113-35-32-110-29-26-107-23-20-99-44-64(93-96-99)48-119-51-84(92-67(105)18-14-11-15-19-88-80(106)122-47-63-16-12-10-13-17-63,52-120-49-65-45-100(97-94-65)21-24-108-27-30-111-33-36-114-39-42-117-55-86-58-124-78(133-86)69(90-61(2)103)72-75(86)130-82(6,7)127-72)53-121-50-66-46-101(98-95-66)22-25-109-28-31-112-34-37-115-40-43-118-56-87-59-125-79(134-87)70(91-62(3)104)73-76(87)131-83(8,9)128-73/h10,12-13,16-17,44-46,68-79H,11,14-15,18-43,47-59H2,1-9H3,(H,88,106)(H,89,102)(H,90,103)(H,91,104)(H,92,105). The zero-order valence-corrected chi connectivity index (χ0v) is 78.2. The molecular weight excluding hydrogens is 1770 g/mol. The third kappa shape index (κ3) is 31.1. The van der Waals surface area contributed by atoms with Crippen molar-refractivity contribution in [2.45, 2.75) is 247 Å². The maximum absolute atomic E-state index is 14.3. The van der Waals surface area contributed by atoms with Crippen LogP contribution in [0.5, 0.6) is 0 Å². The Morgan fingerprint density at radius 2 is 0.709 bits per heavy atom. The Morgan fingerprint density at radius 3 is 1.04 bits per heavy atom. The van der Waals surface area contributed by atoms with E-state index in [1.165, 1.54) is 20.8 Å². The number of alkyl carbamates (subject to hydrolysis) is 1. The minimum Gasteiger partial charge on any atom is -0.445 e. The molecule has 6 bridgehead atoms. The van der Waals surface area contributed by atoms with E-state index in [-0.39, 0.29) is 116 Å². The molecule has 9 aliphatic heterocycles. The fourth-order valence-corrected chi connectivity index (χ4v) is 16.9. The first-order chi connectivity index (χ1) is 64.8. The molecule has 0 saturated carbocycles. The highest BCUT2D eigenvalue weighted by atomic mass is 16.8. The number of fused-ring (bicyclic) bond motifs is 12. The molecule has 47 nitrogen and oxygen atoms in total. The van der Waals surface area contributed by atoms with Gasteiger partial charge in [-0.05, 0) is 59.9 Å². The smallest absolute Gasteiger partial charge is 0.407 e. The molecule has 5 N–H and O–H groups in total. The summed E-state index contributed by atoms with van der Waals surface area (Å²) in [7, 11) is 0. The van der Waals surface area contributed by atoms with Gasteiger partial charge in [0.05, 0.1) is 256 Å². The molecule has 9 fully saturated rings. The normalized spacial score (nSPS) is 27.4. The van der Waals surface area contributed by atoms with Crippen LogP contribution >= 0.6 is 0 Å². The number of ether oxygens (including phenoxy) is 28. The van der Waals surface area contributed by atoms with Gasteiger partial charge in [-0.3, -0.25) is 19.2 Å². The molecule has 9 aliphatic rings. The van der Waals surface area contributed by atoms with Gasteiger partial charge in [-0.15, -0.1) is 15.3 Å². The van der Waals surface area contributed by atoms with E-state index in [1.807, 2.05) is 71.9 Å². The molecule has 15 atom stereocenters. The maximum Gasteiger partial charge on any atom is 0.407 e. The van der Waals surface area contributed by atoms with E-state index in [0.29, 0.717) is 201 Å². The molecule has 9 saturated heterocycles. The van der Waals surface area contributed by atoms with Gasteiger partial charge in [0.2, 0.25) is 23.6 Å². The summed E-state index contributed by atoms with van der Waals surface area (Å²) >= 11 is 0. The largest absolute Gasteiger partial charge is 0.445 e. The number of carbonyl (C=O) groups is 5. The van der Waals surface area contributed by atoms with Crippen molar-refractivity contribution in [3.8, 4) is 0 Å². The van der Waals surface area contributed by atoms with Gasteiger partial charge in [0.15, 0.2) is 36.2 Å². The third-order valence-electron chi connectivity index (χ3n) is 22.9. The van der Waals surface area contributed by atoms with Crippen molar-refractivity contribution in [3.05, 3.63) is 71.6 Å². The van der Waals surface area contributed by atoms with Gasteiger partial charge < -0.3 is 159 Å². The van der Waals surface area contributed by atoms with Crippen molar-refractivity contribution >= 4 is 29.7 Å². The van der Waals surface area contributed by atoms with Crippen molar-refractivity contribution in [2.75, 3.05) is 205 Å². The molecule has 12 heterocycles. The number of hydrogen-bond acceptors (Lipinski definition) is 39. The van der Waals surface area contributed by atoms with E-state index in [9.17, 15) is 24.0 Å². The fraction of sp³-hybridized carbons (Fsp3) is 0.805. The monoisotopic (exact) mass is 1900 g/mol. The number of nitrogens with one attached hydrogen (secondary N) is 5. The van der Waals surface area contributed by atoms with Gasteiger partial charge in [0, 0.05) is 33.7 Å². The van der Waals surface area contributed by atoms with Gasteiger partial charge in [-0.1, -0.05) is 52.4 Å². The summed E-state index contributed by atoms with van der Waals surface area (Å²) in [6.45, 7) is 24.7. The minimum atomic E-state index is -1.31. The number of benzene rings is 1. The fourth-order valence-electron chi connectivity index (χ4n) is 16.9. The van der Waals surface area contributed by atoms with Crippen LogP contribution in [-0.2, 0) is 198 Å². The van der Waals surface area contributed by atoms with Gasteiger partial charge in [0.25, 0.3) is 0 Å². The molecule has 0 aliphatic carbocycles. The summed E-state index contributed by atoms with van der Waals surface area (Å²) in [5, 5.41) is 40.7. The van der Waals surface area contributed by atoms with Crippen molar-refractivity contribution in [1.29, 1.82) is 0 Å². The van der Waals surface area contributed by atoms with E-state index in [0.717, 1.165) is 5.56 Å². The molecule has 15 unspecified atom stereocenters. The minimum absolute atomic E-state index is 0.000671. The second-order valence-corrected chi connectivity index (χ2v) is 35.5. The van der Waals surface area contributed by atoms with Crippen LogP contribution in [0, 0.1) is 0 Å². The number of unbranched alkanes of at least 4 members (excludes halogenated alkanes) is 2. The second-order valence-electron chi connectivity index (χ2n) is 35.5. The highest BCUT2D eigenvalue weighted by Crippen LogP contribution is 2.50. The number of hydrogen-bond donors (Lipinski definition) is 5. The van der Waals surface area contributed by atoms with Gasteiger partial charge in [-0.25, -0.2) is 18.8 Å². The summed E-state index contributed by atoms with van der Waals surface area (Å²) < 4.78 is 174. The Morgan fingerprint density at radius 1 is 0.388 bits per heavy atom. The van der Waals surface area contributed by atoms with Crippen LogP contribution in [0.25, 0.3) is 0 Å². The first kappa shape index (κ1) is 104. The summed E-state index contributed by atoms with van der Waals surface area (Å²) in [4.78, 5) is 62.8. The molecule has 4 aromatic rings. The van der Waals surface area contributed by atoms with Crippen LogP contribution in [0.4, 0.5) is 4.79 Å². The Labute approximate surface area is 778 Å². The van der Waals surface area contributed by atoms with Gasteiger partial charge in [-0.2, -0.15) is 0 Å². The lowest BCUT2D eigenvalue weighted by Gasteiger charge is -2.42. The van der Waals surface area contributed by atoms with Crippen LogP contribution in [0.1, 0.15) is 111 Å². The topological polar surface area (TPSA) is 496 Å². The molecule has 0 spiro atoms. The molecule has 1 aromatic carbocycles. The molecule has 13 rings (SSSR count). The Kier molecular flexibility index (Phi) is 39.6. The Bertz CT molecular complexity index is 3870. The molecule has 5 amide bonds. The summed E-state index contributed by atoms with van der Waals surface area (Å²) in [5.74, 6) is -3.59. The number of amides is 5. The summed E-state index contributed by atoms with van der Waals surface area (Å²) in [6.07, 6.45) is 1.52. The number of aromatic nitrogens is 9. The van der Waals surface area contributed by atoms with Crippen LogP contribution in [0.3, 0.4) is 0 Å². The highest BCUT2D eigenvalue weighted by Gasteiger charge is 2.69. The van der Waals surface area contributed by atoms with Crippen LogP contribution in [0.2, 0.25) is 0 Å². The number of nitrogens with zero attached hydrogens (tertiary/aromatic N) is 9. The molecular formula is C87H136N14O33. The number of rotatable bonds is 66. The molecule has 47 heteroatoms. The SMILES string of the molecule is CC(=O)NC1C2OCC(COCCOCCOCCOCCn3cc(COCC(COCc4cn(CCOCCOCCOCCOCC56COC(O5)C(NC(C)=O)C5OC(C)(C)OC56)nn4)(COCc4cn(CCOCCOCCOCCOCC56COC(O5)C(NC(C)=O)C5OC(C)(C)OC56)nn4)NC(=O)CCCCCNC(=O)OCc4ccccc4)nn3)(O2)C2OC(C)(C)OC12. The van der Waals surface area contributed by atoms with E-state index in [2.05, 4.69) is 57.5 Å². The molecule has 752 valence electrons. The number of carbonyl (C=O) groups excluding carboxylic acids is 5. The third-order valence-corrected chi connectivity index (χ3v) is 22.9. The first-order valence-electron chi connectivity index (χ1n) is 46.1. The van der Waals surface area contributed by atoms with Gasteiger partial charge in [0.1, 0.15) is 101 Å². The lowest BCUT2D eigenvalue weighted by Crippen LogP contribution is -2.65. The van der Waals surface area contributed by atoms with Crippen molar-refractivity contribution in [2.24, 2.45) is 0 Å². The molecule has 0 radical (unpaired) electrons. The maximum atomic E-state index is 14.3. The first-order valence-corrected chi connectivity index (χ1v) is 46.1. The van der Waals surface area contributed by atoms with Gasteiger partial charge >= 0.3 is 6.09 Å². The molecule has 134 heavy (non-hydrogen) atoms. The zero-order chi connectivity index (χ0) is 94.3. The van der Waals surface area contributed by atoms with Crippen molar-refractivity contribution < 1.29 is 157 Å². The predicted molar refractivity (Wildman–Crippen MR) is 458 cm³/mol. The lowest BCUT2D eigenvalue weighted by molar-refractivity contribution is -0.214. The van der Waals surface area contributed by atoms with E-state index in [1.54, 1.807) is 32.6 Å². The predicted octanol–water partition coefficient (Wildman–Crippen LogP) is 0.403. The average Bonchev–Trinajstić information content (AvgIpc) is 1.58. The second kappa shape index (κ2) is 51.0. The quantitative estimate of drug-likeness (QED) is 0.0374. The average molecular weight is 1910 g/mol. The van der Waals surface area contributed by atoms with Crippen LogP contribution in [-0.4, -0.2) is 393 Å². The Balaban J connectivity index is 0.536. The van der Waals surface area contributed by atoms with E-state index >= 15 is 0 Å². The summed E-state index contributed by atoms with van der Waals surface area (Å²) in [5.41, 5.74) is -1.60.